The quantitative estimate of drug-likeness (QED) is 0.925. The van der Waals surface area contributed by atoms with Crippen LogP contribution in [-0.4, -0.2) is 37.2 Å². The number of amides is 3. The molecular weight excluding hydrogens is 325 g/mol. The first kappa shape index (κ1) is 16.8. The SMILES string of the molecule is CN(Cc1ccc(F)cc1)C(=O)Nc1ccccc1N1CCOC1=O. The molecule has 3 rings (SSSR count). The number of hydrogen-bond acceptors (Lipinski definition) is 3. The van der Waals surface area contributed by atoms with Crippen molar-refractivity contribution in [2.75, 3.05) is 30.4 Å². The van der Waals surface area contributed by atoms with E-state index < -0.39 is 6.09 Å². The molecule has 0 saturated carbocycles. The Morgan fingerprint density at radius 2 is 1.96 bits per heavy atom. The molecule has 7 heteroatoms. The van der Waals surface area contributed by atoms with Crippen molar-refractivity contribution in [3.8, 4) is 0 Å². The fourth-order valence-electron chi connectivity index (χ4n) is 2.57. The Hall–Kier alpha value is -3.09. The van der Waals surface area contributed by atoms with E-state index in [1.165, 1.54) is 21.9 Å². The molecule has 1 fully saturated rings. The van der Waals surface area contributed by atoms with Gasteiger partial charge in [-0.25, -0.2) is 14.0 Å². The number of ether oxygens (including phenoxy) is 1. The van der Waals surface area contributed by atoms with Crippen LogP contribution in [0, 0.1) is 5.82 Å². The van der Waals surface area contributed by atoms with Crippen LogP contribution >= 0.6 is 0 Å². The van der Waals surface area contributed by atoms with Crippen molar-refractivity contribution in [1.29, 1.82) is 0 Å². The van der Waals surface area contributed by atoms with Gasteiger partial charge in [0.25, 0.3) is 0 Å². The molecule has 0 aliphatic carbocycles. The summed E-state index contributed by atoms with van der Waals surface area (Å²) in [7, 11) is 1.64. The zero-order chi connectivity index (χ0) is 17.8. The number of para-hydroxylation sites is 2. The Labute approximate surface area is 144 Å². The second kappa shape index (κ2) is 7.21. The standard InChI is InChI=1S/C18H18FN3O3/c1-21(12-13-6-8-14(19)9-7-13)17(23)20-15-4-2-3-5-16(15)22-10-11-25-18(22)24/h2-9H,10-12H2,1H3,(H,20,23). The van der Waals surface area contributed by atoms with Gasteiger partial charge in [0.15, 0.2) is 0 Å². The number of halogens is 1. The second-order valence-corrected chi connectivity index (χ2v) is 5.70. The Bertz CT molecular complexity index is 779. The molecule has 1 heterocycles. The molecule has 25 heavy (non-hydrogen) atoms. The summed E-state index contributed by atoms with van der Waals surface area (Å²) < 4.78 is 17.9. The molecule has 2 aromatic carbocycles. The highest BCUT2D eigenvalue weighted by Crippen LogP contribution is 2.28. The van der Waals surface area contributed by atoms with Crippen molar-refractivity contribution >= 4 is 23.5 Å². The van der Waals surface area contributed by atoms with Gasteiger partial charge in [-0.15, -0.1) is 0 Å². The molecule has 0 spiro atoms. The highest BCUT2D eigenvalue weighted by Gasteiger charge is 2.26. The number of cyclic esters (lactones) is 1. The molecule has 1 aliphatic rings. The van der Waals surface area contributed by atoms with Crippen molar-refractivity contribution in [3.63, 3.8) is 0 Å². The zero-order valence-corrected chi connectivity index (χ0v) is 13.7. The second-order valence-electron chi connectivity index (χ2n) is 5.70. The molecule has 1 aliphatic heterocycles. The van der Waals surface area contributed by atoms with Crippen LogP contribution in [0.1, 0.15) is 5.56 Å². The summed E-state index contributed by atoms with van der Waals surface area (Å²) in [4.78, 5) is 27.2. The number of nitrogens with one attached hydrogen (secondary N) is 1. The topological polar surface area (TPSA) is 61.9 Å². The lowest BCUT2D eigenvalue weighted by atomic mass is 10.2. The van der Waals surface area contributed by atoms with Gasteiger partial charge in [0.05, 0.1) is 17.9 Å². The first-order valence-corrected chi connectivity index (χ1v) is 7.84. The van der Waals surface area contributed by atoms with Gasteiger partial charge in [-0.05, 0) is 29.8 Å². The third kappa shape index (κ3) is 3.88. The Morgan fingerprint density at radius 3 is 2.64 bits per heavy atom. The van der Waals surface area contributed by atoms with E-state index in [1.54, 1.807) is 43.4 Å². The maximum Gasteiger partial charge on any atom is 0.414 e. The molecule has 2 aromatic rings. The summed E-state index contributed by atoms with van der Waals surface area (Å²) in [6.45, 7) is 1.10. The van der Waals surface area contributed by atoms with Crippen LogP contribution in [-0.2, 0) is 11.3 Å². The summed E-state index contributed by atoms with van der Waals surface area (Å²) in [6.07, 6.45) is -0.429. The zero-order valence-electron chi connectivity index (χ0n) is 13.7. The van der Waals surface area contributed by atoms with Crippen LogP contribution in [0.15, 0.2) is 48.5 Å². The number of nitrogens with zero attached hydrogens (tertiary/aromatic N) is 2. The maximum absolute atomic E-state index is 13.0. The summed E-state index contributed by atoms with van der Waals surface area (Å²) in [5.74, 6) is -0.317. The highest BCUT2D eigenvalue weighted by molar-refractivity contribution is 5.98. The molecule has 1 N–H and O–H groups in total. The van der Waals surface area contributed by atoms with Gasteiger partial charge >= 0.3 is 12.1 Å². The third-order valence-electron chi connectivity index (χ3n) is 3.88. The average molecular weight is 343 g/mol. The Balaban J connectivity index is 1.70. The fraction of sp³-hybridized carbons (Fsp3) is 0.222. The number of carbonyl (C=O) groups is 2. The lowest BCUT2D eigenvalue weighted by molar-refractivity contribution is 0.181. The van der Waals surface area contributed by atoms with Crippen molar-refractivity contribution in [3.05, 3.63) is 59.9 Å². The smallest absolute Gasteiger partial charge is 0.414 e. The minimum atomic E-state index is -0.429. The molecule has 3 amide bonds. The molecule has 130 valence electrons. The van der Waals surface area contributed by atoms with Crippen molar-refractivity contribution in [2.24, 2.45) is 0 Å². The summed E-state index contributed by atoms with van der Waals surface area (Å²) in [5.41, 5.74) is 1.93. The molecular formula is C18H18FN3O3. The summed E-state index contributed by atoms with van der Waals surface area (Å²) in [6, 6.07) is 12.7. The van der Waals surface area contributed by atoms with Gasteiger partial charge in [0.2, 0.25) is 0 Å². The van der Waals surface area contributed by atoms with E-state index >= 15 is 0 Å². The molecule has 6 nitrogen and oxygen atoms in total. The van der Waals surface area contributed by atoms with Crippen LogP contribution in [0.2, 0.25) is 0 Å². The van der Waals surface area contributed by atoms with Gasteiger partial charge in [-0.1, -0.05) is 24.3 Å². The lowest BCUT2D eigenvalue weighted by Crippen LogP contribution is -2.32. The lowest BCUT2D eigenvalue weighted by Gasteiger charge is -2.21. The van der Waals surface area contributed by atoms with Crippen LogP contribution in [0.5, 0.6) is 0 Å². The van der Waals surface area contributed by atoms with E-state index in [-0.39, 0.29) is 11.8 Å². The first-order valence-electron chi connectivity index (χ1n) is 7.84. The largest absolute Gasteiger partial charge is 0.447 e. The van der Waals surface area contributed by atoms with E-state index in [0.29, 0.717) is 31.1 Å². The van der Waals surface area contributed by atoms with E-state index in [1.807, 2.05) is 0 Å². The molecule has 0 aromatic heterocycles. The maximum atomic E-state index is 13.0. The molecule has 0 bridgehead atoms. The van der Waals surface area contributed by atoms with Gasteiger partial charge < -0.3 is 15.0 Å². The van der Waals surface area contributed by atoms with Gasteiger partial charge in [-0.3, -0.25) is 4.90 Å². The number of carbonyl (C=O) groups excluding carboxylic acids is 2. The third-order valence-corrected chi connectivity index (χ3v) is 3.88. The van der Waals surface area contributed by atoms with E-state index in [2.05, 4.69) is 5.32 Å². The van der Waals surface area contributed by atoms with Crippen LogP contribution < -0.4 is 10.2 Å². The first-order chi connectivity index (χ1) is 12.0. The Morgan fingerprint density at radius 1 is 1.24 bits per heavy atom. The van der Waals surface area contributed by atoms with E-state index in [9.17, 15) is 14.0 Å². The molecule has 0 atom stereocenters. The number of urea groups is 1. The van der Waals surface area contributed by atoms with Gasteiger partial charge in [-0.2, -0.15) is 0 Å². The number of benzene rings is 2. The Kier molecular flexibility index (Phi) is 4.83. The van der Waals surface area contributed by atoms with E-state index in [4.69, 9.17) is 4.74 Å². The normalized spacial score (nSPS) is 13.5. The van der Waals surface area contributed by atoms with Crippen molar-refractivity contribution in [2.45, 2.75) is 6.54 Å². The highest BCUT2D eigenvalue weighted by atomic mass is 19.1. The number of hydrogen-bond donors (Lipinski definition) is 1. The van der Waals surface area contributed by atoms with Gasteiger partial charge in [0, 0.05) is 13.6 Å². The number of anilines is 2. The van der Waals surface area contributed by atoms with Crippen molar-refractivity contribution < 1.29 is 18.7 Å². The van der Waals surface area contributed by atoms with Crippen molar-refractivity contribution in [1.82, 2.24) is 4.90 Å². The predicted octanol–water partition coefficient (Wildman–Crippen LogP) is 3.45. The monoisotopic (exact) mass is 343 g/mol. The summed E-state index contributed by atoms with van der Waals surface area (Å²) in [5, 5.41) is 2.80. The van der Waals surface area contributed by atoms with Gasteiger partial charge in [0.1, 0.15) is 12.4 Å². The molecule has 0 radical (unpaired) electrons. The van der Waals surface area contributed by atoms with Crippen LogP contribution in [0.3, 0.4) is 0 Å². The molecule has 0 unspecified atom stereocenters. The fourth-order valence-corrected chi connectivity index (χ4v) is 2.57. The van der Waals surface area contributed by atoms with Crippen LogP contribution in [0.25, 0.3) is 0 Å². The number of rotatable bonds is 4. The van der Waals surface area contributed by atoms with Crippen LogP contribution in [0.4, 0.5) is 25.4 Å². The predicted molar refractivity (Wildman–Crippen MR) is 92.0 cm³/mol. The minimum absolute atomic E-state index is 0.317. The molecule has 1 saturated heterocycles. The van der Waals surface area contributed by atoms with E-state index in [0.717, 1.165) is 5.56 Å². The summed E-state index contributed by atoms with van der Waals surface area (Å²) >= 11 is 0. The minimum Gasteiger partial charge on any atom is -0.447 e. The average Bonchev–Trinajstić information content (AvgIpc) is 3.03.